The lowest BCUT2D eigenvalue weighted by Crippen LogP contribution is -2.15. The summed E-state index contributed by atoms with van der Waals surface area (Å²) >= 11 is 0. The van der Waals surface area contributed by atoms with Crippen LogP contribution < -0.4 is 5.59 Å². The molecular weight excluding hydrogens is 127 g/mol. The maximum Gasteiger partial charge on any atom is 0.145 e. The lowest BCUT2D eigenvalue weighted by atomic mass is 9.98. The number of halogens is 1. The minimum atomic E-state index is -0.503. The quantitative estimate of drug-likeness (QED) is 0.476. The molecule has 0 aliphatic heterocycles. The second-order valence-electron chi connectivity index (χ2n) is 1.87. The molecule has 46 valence electrons. The van der Waals surface area contributed by atoms with Crippen molar-refractivity contribution < 1.29 is 4.39 Å². The first-order valence-electron chi connectivity index (χ1n) is 2.85. The van der Waals surface area contributed by atoms with Gasteiger partial charge in [0.25, 0.3) is 0 Å². The summed E-state index contributed by atoms with van der Waals surface area (Å²) < 4.78 is 12.4. The molecule has 0 fully saturated rings. The van der Waals surface area contributed by atoms with E-state index in [4.69, 9.17) is 15.7 Å². The number of nitrogens with zero attached hydrogens (tertiary/aromatic N) is 1. The van der Waals surface area contributed by atoms with Crippen LogP contribution in [0.5, 0.6) is 0 Å². The van der Waals surface area contributed by atoms with Gasteiger partial charge in [0.2, 0.25) is 0 Å². The number of hydrogen-bond acceptors (Lipinski definition) is 1. The Kier molecular flexibility index (Phi) is 2.10. The normalized spacial score (nSPS) is 9.70. The molecule has 4 heteroatoms. The van der Waals surface area contributed by atoms with Crippen molar-refractivity contribution in [2.45, 2.75) is 6.32 Å². The van der Waals surface area contributed by atoms with Crippen LogP contribution in [0.4, 0.5) is 4.39 Å². The molecule has 10 heavy (non-hydrogen) atoms. The van der Waals surface area contributed by atoms with Gasteiger partial charge in [-0.15, -0.1) is 0 Å². The molecule has 0 N–H and O–H groups in total. The Hall–Kier alpha value is -0.790. The highest BCUT2D eigenvalue weighted by molar-refractivity contribution is 6.30. The second kappa shape index (κ2) is 2.86. The number of aromatic nitrogens is 1. The molecule has 0 aromatic carbocycles. The molecule has 4 radical (unpaired) electrons. The summed E-state index contributed by atoms with van der Waals surface area (Å²) in [5.41, 5.74) is 0.502. The third-order valence-corrected chi connectivity index (χ3v) is 1.14. The summed E-state index contributed by atoms with van der Waals surface area (Å²) in [7, 11) is 10.4. The fraction of sp³-hybridized carbons (Fsp3) is 0.167. The minimum Gasteiger partial charge on any atom is -0.267 e. The molecule has 1 heterocycles. The smallest absolute Gasteiger partial charge is 0.145 e. The van der Waals surface area contributed by atoms with Gasteiger partial charge in [-0.25, -0.2) is 4.39 Å². The van der Waals surface area contributed by atoms with E-state index < -0.39 is 5.82 Å². The number of pyridine rings is 1. The van der Waals surface area contributed by atoms with Gasteiger partial charge in [0.15, 0.2) is 0 Å². The maximum atomic E-state index is 12.4. The van der Waals surface area contributed by atoms with Crippen LogP contribution in [0, 0.1) is 5.82 Å². The third kappa shape index (κ3) is 1.38. The first-order valence-corrected chi connectivity index (χ1v) is 2.85. The fourth-order valence-corrected chi connectivity index (χ4v) is 0.614. The summed E-state index contributed by atoms with van der Waals surface area (Å²) in [5, 5.41) is 0. The Morgan fingerprint density at radius 3 is 2.70 bits per heavy atom. The lowest BCUT2D eigenvalue weighted by Gasteiger charge is -1.98. The molecule has 0 bridgehead atoms. The van der Waals surface area contributed by atoms with Crippen molar-refractivity contribution >= 4 is 21.3 Å². The maximum absolute atomic E-state index is 12.4. The zero-order valence-electron chi connectivity index (χ0n) is 5.34. The molecule has 0 saturated carbocycles. The largest absolute Gasteiger partial charge is 0.267 e. The van der Waals surface area contributed by atoms with Gasteiger partial charge in [-0.1, -0.05) is 0 Å². The summed E-state index contributed by atoms with van der Waals surface area (Å²) in [5.74, 6) is -0.503. The molecule has 1 aromatic heterocycles. The highest BCUT2D eigenvalue weighted by Gasteiger charge is 1.96. The van der Waals surface area contributed by atoms with E-state index in [1.54, 1.807) is 0 Å². The van der Waals surface area contributed by atoms with Crippen molar-refractivity contribution in [2.24, 2.45) is 0 Å². The zero-order valence-corrected chi connectivity index (χ0v) is 5.34. The van der Waals surface area contributed by atoms with Gasteiger partial charge in [0.1, 0.15) is 13.7 Å². The summed E-state index contributed by atoms with van der Waals surface area (Å²) in [6, 6.07) is 2.76. The Labute approximate surface area is 61.5 Å². The molecule has 0 unspecified atom stereocenters. The molecule has 0 aliphatic rings. The van der Waals surface area contributed by atoms with Crippen LogP contribution in [0.25, 0.3) is 0 Å². The molecule has 0 aliphatic carbocycles. The lowest BCUT2D eigenvalue weighted by molar-refractivity contribution is 0.630. The Morgan fingerprint density at radius 2 is 2.20 bits per heavy atom. The van der Waals surface area contributed by atoms with Crippen LogP contribution >= 0.6 is 0 Å². The standard InChI is InChI=1S/C6H4B2FN/c7-3-4-1-2-5(9)6(8)10-4/h1-2H,3H2. The highest BCUT2D eigenvalue weighted by Crippen LogP contribution is 1.93. The van der Waals surface area contributed by atoms with E-state index in [9.17, 15) is 4.39 Å². The van der Waals surface area contributed by atoms with Crippen molar-refractivity contribution in [3.63, 3.8) is 0 Å². The summed E-state index contributed by atoms with van der Waals surface area (Å²) in [6.07, 6.45) is 0.282. The van der Waals surface area contributed by atoms with E-state index in [2.05, 4.69) is 4.98 Å². The van der Waals surface area contributed by atoms with Crippen molar-refractivity contribution in [3.05, 3.63) is 23.6 Å². The molecule has 1 nitrogen and oxygen atoms in total. The topological polar surface area (TPSA) is 12.9 Å². The summed E-state index contributed by atoms with van der Waals surface area (Å²) in [4.78, 5) is 3.67. The van der Waals surface area contributed by atoms with Crippen molar-refractivity contribution in [3.8, 4) is 0 Å². The van der Waals surface area contributed by atoms with Crippen molar-refractivity contribution in [1.29, 1.82) is 0 Å². The van der Waals surface area contributed by atoms with Gasteiger partial charge in [0, 0.05) is 11.3 Å². The first kappa shape index (κ1) is 7.32. The van der Waals surface area contributed by atoms with E-state index in [1.165, 1.54) is 12.1 Å². The molecule has 0 amide bonds. The highest BCUT2D eigenvalue weighted by atomic mass is 19.1. The number of hydrogen-bond donors (Lipinski definition) is 0. The van der Waals surface area contributed by atoms with Gasteiger partial charge in [0.05, 0.1) is 7.85 Å². The van der Waals surface area contributed by atoms with Crippen LogP contribution in [0.2, 0.25) is 0 Å². The van der Waals surface area contributed by atoms with Gasteiger partial charge >= 0.3 is 0 Å². The predicted molar refractivity (Wildman–Crippen MR) is 39.0 cm³/mol. The van der Waals surface area contributed by atoms with Gasteiger partial charge in [-0.3, -0.25) is 4.98 Å². The van der Waals surface area contributed by atoms with E-state index in [1.807, 2.05) is 0 Å². The van der Waals surface area contributed by atoms with E-state index >= 15 is 0 Å². The van der Waals surface area contributed by atoms with E-state index in [0.29, 0.717) is 5.69 Å². The molecular formula is C6H4B2FN. The third-order valence-electron chi connectivity index (χ3n) is 1.14. The Morgan fingerprint density at radius 1 is 1.50 bits per heavy atom. The monoisotopic (exact) mass is 131 g/mol. The molecule has 0 atom stereocenters. The average Bonchev–Trinajstić information content (AvgIpc) is 1.95. The minimum absolute atomic E-state index is 0.0945. The van der Waals surface area contributed by atoms with Crippen LogP contribution in [-0.2, 0) is 6.32 Å². The molecule has 0 spiro atoms. The summed E-state index contributed by atoms with van der Waals surface area (Å²) in [6.45, 7) is 0. The average molecular weight is 131 g/mol. The van der Waals surface area contributed by atoms with Crippen LogP contribution in [-0.4, -0.2) is 20.7 Å². The van der Waals surface area contributed by atoms with Crippen LogP contribution in [0.1, 0.15) is 5.69 Å². The Bertz CT molecular complexity index is 239. The second-order valence-corrected chi connectivity index (χ2v) is 1.87. The van der Waals surface area contributed by atoms with Crippen molar-refractivity contribution in [1.82, 2.24) is 4.98 Å². The predicted octanol–water partition coefficient (Wildman–Crippen LogP) is -0.317. The molecule has 1 aromatic rings. The molecule has 1 rings (SSSR count). The Balaban J connectivity index is 3.04. The van der Waals surface area contributed by atoms with Crippen LogP contribution in [0.15, 0.2) is 12.1 Å². The zero-order chi connectivity index (χ0) is 7.56. The van der Waals surface area contributed by atoms with Crippen molar-refractivity contribution in [2.75, 3.05) is 0 Å². The number of rotatable bonds is 1. The first-order chi connectivity index (χ1) is 4.74. The van der Waals surface area contributed by atoms with Gasteiger partial charge < -0.3 is 0 Å². The van der Waals surface area contributed by atoms with Gasteiger partial charge in [-0.05, 0) is 18.5 Å². The van der Waals surface area contributed by atoms with E-state index in [0.717, 1.165) is 0 Å². The van der Waals surface area contributed by atoms with Crippen LogP contribution in [0.3, 0.4) is 0 Å². The molecule has 0 saturated heterocycles. The SMILES string of the molecule is [B]Cc1ccc(F)c([B])n1. The van der Waals surface area contributed by atoms with Gasteiger partial charge in [-0.2, -0.15) is 0 Å². The van der Waals surface area contributed by atoms with E-state index in [-0.39, 0.29) is 11.9 Å². The fourth-order valence-electron chi connectivity index (χ4n) is 0.614.